The third kappa shape index (κ3) is 2.10. The number of hydrogen-bond donors (Lipinski definition) is 1. The van der Waals surface area contributed by atoms with E-state index in [1.165, 1.54) is 11.3 Å². The Balaban J connectivity index is 2.10. The van der Waals surface area contributed by atoms with E-state index in [-0.39, 0.29) is 0 Å². The molecule has 6 heteroatoms. The zero-order chi connectivity index (χ0) is 13.9. The molecule has 0 atom stereocenters. The largest absolute Gasteiger partial charge is 0.313 e. The van der Waals surface area contributed by atoms with E-state index in [4.69, 9.17) is 0 Å². The van der Waals surface area contributed by atoms with Crippen LogP contribution in [0.25, 0.3) is 11.2 Å². The SMILES string of the molecule is C=C/C(=C\C)c1cnc2c(Nc3nccs3)nccn12. The van der Waals surface area contributed by atoms with Gasteiger partial charge in [-0.3, -0.25) is 4.40 Å². The van der Waals surface area contributed by atoms with Crippen LogP contribution in [0.1, 0.15) is 12.6 Å². The summed E-state index contributed by atoms with van der Waals surface area (Å²) in [7, 11) is 0. The van der Waals surface area contributed by atoms with Crippen molar-refractivity contribution in [2.75, 3.05) is 5.32 Å². The van der Waals surface area contributed by atoms with Crippen LogP contribution in [-0.4, -0.2) is 19.4 Å². The third-order valence-electron chi connectivity index (χ3n) is 2.91. The standard InChI is InChI=1S/C14H13N5S/c1-3-10(4-2)11-9-17-13-12(15-5-7-19(11)13)18-14-16-6-8-20-14/h3-9H,1H2,2H3,(H,15,16,18)/b10-4+. The molecular formula is C14H13N5S. The van der Waals surface area contributed by atoms with Crippen molar-refractivity contribution in [1.29, 1.82) is 0 Å². The second kappa shape index (κ2) is 5.26. The fourth-order valence-corrected chi connectivity index (χ4v) is 2.51. The van der Waals surface area contributed by atoms with Crippen LogP contribution in [0, 0.1) is 0 Å². The number of hydrogen-bond acceptors (Lipinski definition) is 5. The Hall–Kier alpha value is -2.47. The predicted octanol–water partition coefficient (Wildman–Crippen LogP) is 3.52. The highest BCUT2D eigenvalue weighted by atomic mass is 32.1. The van der Waals surface area contributed by atoms with Gasteiger partial charge in [0.1, 0.15) is 0 Å². The second-order valence-electron chi connectivity index (χ2n) is 4.02. The molecule has 0 bridgehead atoms. The molecule has 0 aromatic carbocycles. The van der Waals surface area contributed by atoms with Crippen LogP contribution in [-0.2, 0) is 0 Å². The molecule has 0 unspecified atom stereocenters. The number of allylic oxidation sites excluding steroid dienone is 3. The Kier molecular flexibility index (Phi) is 3.30. The maximum atomic E-state index is 4.44. The van der Waals surface area contributed by atoms with Crippen molar-refractivity contribution in [3.8, 4) is 0 Å². The molecule has 0 saturated carbocycles. The van der Waals surface area contributed by atoms with E-state index in [1.54, 1.807) is 12.4 Å². The Morgan fingerprint density at radius 1 is 1.35 bits per heavy atom. The lowest BCUT2D eigenvalue weighted by Crippen LogP contribution is -1.98. The monoisotopic (exact) mass is 283 g/mol. The van der Waals surface area contributed by atoms with Gasteiger partial charge in [0, 0.05) is 24.0 Å². The number of anilines is 2. The van der Waals surface area contributed by atoms with Crippen LogP contribution in [0.15, 0.2) is 48.9 Å². The number of fused-ring (bicyclic) bond motifs is 1. The second-order valence-corrected chi connectivity index (χ2v) is 4.92. The molecule has 0 aliphatic heterocycles. The molecule has 0 fully saturated rings. The highest BCUT2D eigenvalue weighted by Gasteiger charge is 2.10. The first-order chi connectivity index (χ1) is 9.83. The van der Waals surface area contributed by atoms with Crippen LogP contribution >= 0.6 is 11.3 Å². The Labute approximate surface area is 120 Å². The van der Waals surface area contributed by atoms with Gasteiger partial charge in [0.25, 0.3) is 0 Å². The molecule has 100 valence electrons. The van der Waals surface area contributed by atoms with Gasteiger partial charge in [-0.1, -0.05) is 18.7 Å². The van der Waals surface area contributed by atoms with Crippen molar-refractivity contribution < 1.29 is 0 Å². The molecule has 0 amide bonds. The van der Waals surface area contributed by atoms with Crippen molar-refractivity contribution >= 4 is 33.5 Å². The van der Waals surface area contributed by atoms with Gasteiger partial charge in [-0.25, -0.2) is 15.0 Å². The Bertz CT molecular complexity index is 770. The number of nitrogens with one attached hydrogen (secondary N) is 1. The van der Waals surface area contributed by atoms with Gasteiger partial charge in [0.15, 0.2) is 16.6 Å². The Morgan fingerprint density at radius 3 is 2.95 bits per heavy atom. The van der Waals surface area contributed by atoms with Crippen molar-refractivity contribution in [3.05, 3.63) is 54.6 Å². The van der Waals surface area contributed by atoms with Gasteiger partial charge in [0.2, 0.25) is 0 Å². The van der Waals surface area contributed by atoms with Crippen LogP contribution in [0.3, 0.4) is 0 Å². The summed E-state index contributed by atoms with van der Waals surface area (Å²) in [5.74, 6) is 0.688. The van der Waals surface area contributed by atoms with E-state index in [9.17, 15) is 0 Å². The lowest BCUT2D eigenvalue weighted by Gasteiger charge is -2.05. The van der Waals surface area contributed by atoms with Crippen molar-refractivity contribution in [2.24, 2.45) is 0 Å². The zero-order valence-corrected chi connectivity index (χ0v) is 11.8. The lowest BCUT2D eigenvalue weighted by atomic mass is 10.2. The average molecular weight is 283 g/mol. The predicted molar refractivity (Wildman–Crippen MR) is 82.2 cm³/mol. The van der Waals surface area contributed by atoms with Crippen LogP contribution in [0.5, 0.6) is 0 Å². The summed E-state index contributed by atoms with van der Waals surface area (Å²) in [4.78, 5) is 13.0. The van der Waals surface area contributed by atoms with Crippen LogP contribution in [0.4, 0.5) is 10.9 Å². The molecule has 0 radical (unpaired) electrons. The van der Waals surface area contributed by atoms with Gasteiger partial charge in [-0.05, 0) is 12.5 Å². The average Bonchev–Trinajstić information content (AvgIpc) is 3.11. The van der Waals surface area contributed by atoms with Gasteiger partial charge in [-0.15, -0.1) is 11.3 Å². The smallest absolute Gasteiger partial charge is 0.188 e. The van der Waals surface area contributed by atoms with Gasteiger partial charge >= 0.3 is 0 Å². The van der Waals surface area contributed by atoms with E-state index in [0.717, 1.165) is 22.0 Å². The normalized spacial score (nSPS) is 11.8. The van der Waals surface area contributed by atoms with E-state index >= 15 is 0 Å². The maximum absolute atomic E-state index is 4.44. The minimum absolute atomic E-state index is 0.688. The molecule has 0 saturated heterocycles. The number of thiazole rings is 1. The van der Waals surface area contributed by atoms with Crippen molar-refractivity contribution in [3.63, 3.8) is 0 Å². The minimum Gasteiger partial charge on any atom is -0.313 e. The number of rotatable bonds is 4. The topological polar surface area (TPSA) is 55.1 Å². The zero-order valence-electron chi connectivity index (χ0n) is 10.9. The molecule has 0 spiro atoms. The number of imidazole rings is 1. The summed E-state index contributed by atoms with van der Waals surface area (Å²) >= 11 is 1.52. The van der Waals surface area contributed by atoms with Gasteiger partial charge in [0.05, 0.1) is 11.9 Å². The van der Waals surface area contributed by atoms with Crippen molar-refractivity contribution in [1.82, 2.24) is 19.4 Å². The first-order valence-electron chi connectivity index (χ1n) is 6.11. The highest BCUT2D eigenvalue weighted by molar-refractivity contribution is 7.13. The fourth-order valence-electron chi connectivity index (χ4n) is 1.98. The number of nitrogens with zero attached hydrogens (tertiary/aromatic N) is 4. The molecule has 5 nitrogen and oxygen atoms in total. The highest BCUT2D eigenvalue weighted by Crippen LogP contribution is 2.23. The summed E-state index contributed by atoms with van der Waals surface area (Å²) in [5.41, 5.74) is 2.78. The summed E-state index contributed by atoms with van der Waals surface area (Å²) in [5, 5.41) is 5.89. The quantitative estimate of drug-likeness (QED) is 0.744. The fraction of sp³-hybridized carbons (Fsp3) is 0.0714. The molecule has 0 aliphatic carbocycles. The van der Waals surface area contributed by atoms with Crippen LogP contribution < -0.4 is 5.32 Å². The molecule has 20 heavy (non-hydrogen) atoms. The summed E-state index contributed by atoms with van der Waals surface area (Å²) < 4.78 is 1.99. The first-order valence-corrected chi connectivity index (χ1v) is 6.99. The molecule has 3 aromatic rings. The molecule has 3 aromatic heterocycles. The summed E-state index contributed by atoms with van der Waals surface area (Å²) in [6, 6.07) is 0. The first kappa shape index (κ1) is 12.6. The molecular weight excluding hydrogens is 270 g/mol. The maximum Gasteiger partial charge on any atom is 0.188 e. The lowest BCUT2D eigenvalue weighted by molar-refractivity contribution is 1.11. The van der Waals surface area contributed by atoms with Gasteiger partial charge in [-0.2, -0.15) is 0 Å². The Morgan fingerprint density at radius 2 is 2.25 bits per heavy atom. The summed E-state index contributed by atoms with van der Waals surface area (Å²) in [6.45, 7) is 5.81. The molecule has 0 aliphatic rings. The molecule has 3 heterocycles. The van der Waals surface area contributed by atoms with Gasteiger partial charge < -0.3 is 5.32 Å². The minimum atomic E-state index is 0.688. The van der Waals surface area contributed by atoms with E-state index in [0.29, 0.717) is 5.82 Å². The van der Waals surface area contributed by atoms with Crippen molar-refractivity contribution in [2.45, 2.75) is 6.92 Å². The molecule has 3 rings (SSSR count). The number of aromatic nitrogens is 4. The van der Waals surface area contributed by atoms with E-state index < -0.39 is 0 Å². The van der Waals surface area contributed by atoms with E-state index in [2.05, 4.69) is 26.8 Å². The third-order valence-corrected chi connectivity index (χ3v) is 3.60. The van der Waals surface area contributed by atoms with E-state index in [1.807, 2.05) is 41.3 Å². The summed E-state index contributed by atoms with van der Waals surface area (Å²) in [6.07, 6.45) is 11.0. The van der Waals surface area contributed by atoms with Crippen LogP contribution in [0.2, 0.25) is 0 Å². The molecule has 1 N–H and O–H groups in total.